The van der Waals surface area contributed by atoms with E-state index in [0.29, 0.717) is 19.8 Å². The van der Waals surface area contributed by atoms with E-state index in [2.05, 4.69) is 19.1 Å². The fourth-order valence-electron chi connectivity index (χ4n) is 1.96. The summed E-state index contributed by atoms with van der Waals surface area (Å²) in [5.74, 6) is -0.460. The molecule has 0 radical (unpaired) electrons. The van der Waals surface area contributed by atoms with Gasteiger partial charge in [0.1, 0.15) is 6.10 Å². The van der Waals surface area contributed by atoms with Gasteiger partial charge in [-0.15, -0.1) is 0 Å². The molecule has 2 saturated heterocycles. The van der Waals surface area contributed by atoms with E-state index in [4.69, 9.17) is 18.9 Å². The Bertz CT molecular complexity index is 327. The molecule has 0 aromatic carbocycles. The average molecular weight is 254 g/mol. The van der Waals surface area contributed by atoms with Crippen molar-refractivity contribution < 1.29 is 18.9 Å². The summed E-state index contributed by atoms with van der Waals surface area (Å²) in [7, 11) is 0. The molecule has 102 valence electrons. The third-order valence-electron chi connectivity index (χ3n) is 2.93. The smallest absolute Gasteiger partial charge is 0.163 e. The van der Waals surface area contributed by atoms with Gasteiger partial charge in [0, 0.05) is 6.42 Å². The van der Waals surface area contributed by atoms with Gasteiger partial charge < -0.3 is 18.9 Å². The SMILES string of the molecule is CC(/C=C/C1COC(C)(C)O1)=C\CC1OCCO1. The highest BCUT2D eigenvalue weighted by molar-refractivity contribution is 5.17. The molecule has 0 aromatic rings. The summed E-state index contributed by atoms with van der Waals surface area (Å²) >= 11 is 0. The van der Waals surface area contributed by atoms with Gasteiger partial charge in [0.2, 0.25) is 0 Å². The van der Waals surface area contributed by atoms with E-state index in [-0.39, 0.29) is 12.4 Å². The van der Waals surface area contributed by atoms with Gasteiger partial charge >= 0.3 is 0 Å². The first-order valence-electron chi connectivity index (χ1n) is 6.45. The number of allylic oxidation sites excluding steroid dienone is 2. The minimum absolute atomic E-state index is 0.0438. The van der Waals surface area contributed by atoms with Crippen molar-refractivity contribution >= 4 is 0 Å². The van der Waals surface area contributed by atoms with Gasteiger partial charge in [-0.05, 0) is 20.8 Å². The second-order valence-corrected chi connectivity index (χ2v) is 5.08. The maximum Gasteiger partial charge on any atom is 0.163 e. The Labute approximate surface area is 109 Å². The van der Waals surface area contributed by atoms with Crippen molar-refractivity contribution in [3.8, 4) is 0 Å². The van der Waals surface area contributed by atoms with Crippen LogP contribution in [0, 0.1) is 0 Å². The quantitative estimate of drug-likeness (QED) is 0.722. The van der Waals surface area contributed by atoms with Crippen LogP contribution < -0.4 is 0 Å². The number of hydrogen-bond acceptors (Lipinski definition) is 4. The maximum atomic E-state index is 5.69. The van der Waals surface area contributed by atoms with Crippen molar-refractivity contribution in [1.82, 2.24) is 0 Å². The molecular formula is C14H22O4. The normalized spacial score (nSPS) is 29.5. The predicted octanol–water partition coefficient (Wildman–Crippen LogP) is 2.40. The topological polar surface area (TPSA) is 36.9 Å². The van der Waals surface area contributed by atoms with Crippen LogP contribution >= 0.6 is 0 Å². The molecule has 1 unspecified atom stereocenters. The highest BCUT2D eigenvalue weighted by Crippen LogP contribution is 2.23. The zero-order chi connectivity index (χ0) is 13.0. The number of hydrogen-bond donors (Lipinski definition) is 0. The monoisotopic (exact) mass is 254 g/mol. The third kappa shape index (κ3) is 4.21. The lowest BCUT2D eigenvalue weighted by Gasteiger charge is -2.15. The lowest BCUT2D eigenvalue weighted by molar-refractivity contribution is -0.133. The van der Waals surface area contributed by atoms with Crippen molar-refractivity contribution in [2.45, 2.75) is 45.4 Å². The zero-order valence-corrected chi connectivity index (χ0v) is 11.3. The average Bonchev–Trinajstić information content (AvgIpc) is 2.93. The maximum absolute atomic E-state index is 5.69. The van der Waals surface area contributed by atoms with Gasteiger partial charge in [0.25, 0.3) is 0 Å². The Balaban J connectivity index is 1.76. The van der Waals surface area contributed by atoms with Gasteiger partial charge in [0.15, 0.2) is 12.1 Å². The molecule has 2 fully saturated rings. The highest BCUT2D eigenvalue weighted by atomic mass is 16.7. The Morgan fingerprint density at radius 2 is 2.00 bits per heavy atom. The standard InChI is InChI=1S/C14H22O4/c1-11(5-7-13-15-8-9-16-13)4-6-12-10-17-14(2,3)18-12/h4-6,12-13H,7-10H2,1-3H3/b6-4+,11-5+. The predicted molar refractivity (Wildman–Crippen MR) is 68.1 cm³/mol. The Morgan fingerprint density at radius 1 is 1.28 bits per heavy atom. The van der Waals surface area contributed by atoms with Crippen molar-refractivity contribution in [1.29, 1.82) is 0 Å². The molecule has 2 aliphatic rings. The molecule has 0 saturated carbocycles. The molecule has 0 spiro atoms. The van der Waals surface area contributed by atoms with E-state index in [1.54, 1.807) is 0 Å². The summed E-state index contributed by atoms with van der Waals surface area (Å²) in [6, 6.07) is 0. The first-order chi connectivity index (χ1) is 8.55. The second-order valence-electron chi connectivity index (χ2n) is 5.08. The van der Waals surface area contributed by atoms with Gasteiger partial charge in [-0.1, -0.05) is 23.8 Å². The van der Waals surface area contributed by atoms with Crippen LogP contribution in [0.4, 0.5) is 0 Å². The van der Waals surface area contributed by atoms with E-state index >= 15 is 0 Å². The minimum Gasteiger partial charge on any atom is -0.350 e. The van der Waals surface area contributed by atoms with E-state index in [1.807, 2.05) is 19.9 Å². The van der Waals surface area contributed by atoms with E-state index in [1.165, 1.54) is 5.57 Å². The van der Waals surface area contributed by atoms with Crippen LogP contribution in [0.3, 0.4) is 0 Å². The molecule has 0 amide bonds. The fourth-order valence-corrected chi connectivity index (χ4v) is 1.96. The summed E-state index contributed by atoms with van der Waals surface area (Å²) in [6.45, 7) is 7.94. The molecule has 0 N–H and O–H groups in total. The number of ether oxygens (including phenoxy) is 4. The van der Waals surface area contributed by atoms with Crippen LogP contribution in [-0.2, 0) is 18.9 Å². The lowest BCUT2D eigenvalue weighted by Crippen LogP contribution is -2.20. The van der Waals surface area contributed by atoms with Crippen molar-refractivity contribution in [3.63, 3.8) is 0 Å². The van der Waals surface area contributed by atoms with E-state index in [9.17, 15) is 0 Å². The molecule has 2 aliphatic heterocycles. The fraction of sp³-hybridized carbons (Fsp3) is 0.714. The van der Waals surface area contributed by atoms with Gasteiger partial charge in [-0.3, -0.25) is 0 Å². The summed E-state index contributed by atoms with van der Waals surface area (Å²) in [6.07, 6.45) is 6.99. The zero-order valence-electron chi connectivity index (χ0n) is 11.3. The minimum atomic E-state index is -0.460. The molecule has 4 heteroatoms. The number of rotatable bonds is 4. The first-order valence-corrected chi connectivity index (χ1v) is 6.45. The lowest BCUT2D eigenvalue weighted by atomic mass is 10.2. The van der Waals surface area contributed by atoms with Crippen LogP contribution in [0.1, 0.15) is 27.2 Å². The van der Waals surface area contributed by atoms with Crippen molar-refractivity contribution in [2.24, 2.45) is 0 Å². The van der Waals surface area contributed by atoms with Crippen LogP contribution in [0.25, 0.3) is 0 Å². The van der Waals surface area contributed by atoms with Crippen molar-refractivity contribution in [3.05, 3.63) is 23.8 Å². The molecular weight excluding hydrogens is 232 g/mol. The summed E-state index contributed by atoms with van der Waals surface area (Å²) in [4.78, 5) is 0. The molecule has 0 aromatic heterocycles. The van der Waals surface area contributed by atoms with E-state index < -0.39 is 5.79 Å². The second kappa shape index (κ2) is 5.97. The highest BCUT2D eigenvalue weighted by Gasteiger charge is 2.30. The molecule has 0 bridgehead atoms. The molecule has 1 atom stereocenters. The summed E-state index contributed by atoms with van der Waals surface area (Å²) in [5.41, 5.74) is 1.18. The van der Waals surface area contributed by atoms with Crippen LogP contribution in [0.5, 0.6) is 0 Å². The van der Waals surface area contributed by atoms with E-state index in [0.717, 1.165) is 6.42 Å². The molecule has 18 heavy (non-hydrogen) atoms. The van der Waals surface area contributed by atoms with Crippen LogP contribution in [0.15, 0.2) is 23.8 Å². The molecule has 4 nitrogen and oxygen atoms in total. The third-order valence-corrected chi connectivity index (χ3v) is 2.93. The summed E-state index contributed by atoms with van der Waals surface area (Å²) in [5, 5.41) is 0. The van der Waals surface area contributed by atoms with Gasteiger partial charge in [0.05, 0.1) is 19.8 Å². The van der Waals surface area contributed by atoms with Crippen molar-refractivity contribution in [2.75, 3.05) is 19.8 Å². The van der Waals surface area contributed by atoms with Gasteiger partial charge in [-0.25, -0.2) is 0 Å². The largest absolute Gasteiger partial charge is 0.350 e. The van der Waals surface area contributed by atoms with Crippen LogP contribution in [-0.4, -0.2) is 38.0 Å². The Hall–Kier alpha value is -0.680. The summed E-state index contributed by atoms with van der Waals surface area (Å²) < 4.78 is 21.9. The van der Waals surface area contributed by atoms with Gasteiger partial charge in [-0.2, -0.15) is 0 Å². The Morgan fingerprint density at radius 3 is 2.61 bits per heavy atom. The van der Waals surface area contributed by atoms with Crippen LogP contribution in [0.2, 0.25) is 0 Å². The molecule has 0 aliphatic carbocycles. The molecule has 2 heterocycles. The molecule has 2 rings (SSSR count). The Kier molecular flexibility index (Phi) is 4.56. The first kappa shape index (κ1) is 13.7.